The molecule has 3 aliphatic rings. The maximum atomic E-state index is 12.0. The van der Waals surface area contributed by atoms with Gasteiger partial charge >= 0.3 is 17.1 Å². The molecule has 0 aliphatic carbocycles. The first-order chi connectivity index (χ1) is 12.9. The molecule has 4 heterocycles. The van der Waals surface area contributed by atoms with E-state index >= 15 is 0 Å². The SMILES string of the molecule is O=c1[nH]c(=O)n(CCC(CC2CO2)(CC2CO2)N2CCOC(O)C2)c(=O)[nH]1. The zero-order valence-electron chi connectivity index (χ0n) is 14.9. The topological polar surface area (TPSA) is 145 Å². The Bertz CT molecular complexity index is 790. The fraction of sp³-hybridized carbons (Fsp3) is 0.812. The first-order valence-electron chi connectivity index (χ1n) is 9.17. The quantitative estimate of drug-likeness (QED) is 0.420. The zero-order chi connectivity index (χ0) is 19.0. The normalized spacial score (nSPS) is 30.0. The molecule has 27 heavy (non-hydrogen) atoms. The number of epoxide rings is 2. The molecule has 11 heteroatoms. The van der Waals surface area contributed by atoms with Gasteiger partial charge in [0.1, 0.15) is 0 Å². The van der Waals surface area contributed by atoms with E-state index in [0.29, 0.717) is 39.3 Å². The summed E-state index contributed by atoms with van der Waals surface area (Å²) in [6.45, 7) is 2.87. The zero-order valence-corrected chi connectivity index (χ0v) is 14.9. The van der Waals surface area contributed by atoms with Crippen LogP contribution < -0.4 is 17.1 Å². The predicted octanol–water partition coefficient (Wildman–Crippen LogP) is -2.42. The Kier molecular flexibility index (Phi) is 5.03. The summed E-state index contributed by atoms with van der Waals surface area (Å²) in [6.07, 6.45) is 1.28. The number of hydrogen-bond acceptors (Lipinski definition) is 8. The van der Waals surface area contributed by atoms with E-state index < -0.39 is 28.9 Å². The number of morpholine rings is 1. The average molecular weight is 384 g/mol. The van der Waals surface area contributed by atoms with Crippen molar-refractivity contribution in [2.24, 2.45) is 0 Å². The van der Waals surface area contributed by atoms with Gasteiger partial charge in [0.15, 0.2) is 6.29 Å². The molecule has 3 fully saturated rings. The predicted molar refractivity (Wildman–Crippen MR) is 91.5 cm³/mol. The number of aliphatic hydroxyl groups is 1. The Hall–Kier alpha value is -1.79. The fourth-order valence-corrected chi connectivity index (χ4v) is 3.96. The Morgan fingerprint density at radius 3 is 2.15 bits per heavy atom. The molecule has 1 aromatic heterocycles. The molecule has 3 atom stereocenters. The molecule has 11 nitrogen and oxygen atoms in total. The summed E-state index contributed by atoms with van der Waals surface area (Å²) in [4.78, 5) is 41.7. The number of rotatable bonds is 8. The van der Waals surface area contributed by atoms with Gasteiger partial charge in [0.2, 0.25) is 0 Å². The third kappa shape index (κ3) is 4.38. The van der Waals surface area contributed by atoms with E-state index in [1.807, 2.05) is 0 Å². The van der Waals surface area contributed by atoms with E-state index in [0.717, 1.165) is 17.4 Å². The van der Waals surface area contributed by atoms with Gasteiger partial charge < -0.3 is 19.3 Å². The van der Waals surface area contributed by atoms with Crippen molar-refractivity contribution >= 4 is 0 Å². The van der Waals surface area contributed by atoms with Crippen LogP contribution in [0, 0.1) is 0 Å². The minimum atomic E-state index is -0.877. The molecule has 0 amide bonds. The minimum absolute atomic E-state index is 0.120. The van der Waals surface area contributed by atoms with Crippen LogP contribution in [0.5, 0.6) is 0 Å². The van der Waals surface area contributed by atoms with Crippen LogP contribution in [0.2, 0.25) is 0 Å². The van der Waals surface area contributed by atoms with Crippen LogP contribution in [0.15, 0.2) is 14.4 Å². The van der Waals surface area contributed by atoms with E-state index in [-0.39, 0.29) is 18.8 Å². The lowest BCUT2D eigenvalue weighted by molar-refractivity contribution is -0.169. The van der Waals surface area contributed by atoms with Crippen LogP contribution in [0.4, 0.5) is 0 Å². The van der Waals surface area contributed by atoms with Crippen molar-refractivity contribution in [3.05, 3.63) is 31.5 Å². The van der Waals surface area contributed by atoms with E-state index in [4.69, 9.17) is 14.2 Å². The maximum Gasteiger partial charge on any atom is 0.333 e. The molecule has 0 aromatic carbocycles. The first-order valence-corrected chi connectivity index (χ1v) is 9.17. The highest BCUT2D eigenvalue weighted by Crippen LogP contribution is 2.39. The summed E-state index contributed by atoms with van der Waals surface area (Å²) in [5.74, 6) is 0. The second kappa shape index (κ2) is 7.32. The number of hydrogen-bond donors (Lipinski definition) is 3. The van der Waals surface area contributed by atoms with Crippen molar-refractivity contribution in [3.8, 4) is 0 Å². The maximum absolute atomic E-state index is 12.0. The van der Waals surface area contributed by atoms with E-state index in [1.54, 1.807) is 0 Å². The van der Waals surface area contributed by atoms with Gasteiger partial charge in [-0.3, -0.25) is 14.9 Å². The van der Waals surface area contributed by atoms with Crippen molar-refractivity contribution in [1.29, 1.82) is 0 Å². The monoisotopic (exact) mass is 384 g/mol. The van der Waals surface area contributed by atoms with Gasteiger partial charge in [-0.1, -0.05) is 0 Å². The van der Waals surface area contributed by atoms with Gasteiger partial charge in [0, 0.05) is 25.2 Å². The van der Waals surface area contributed by atoms with Crippen molar-refractivity contribution in [2.75, 3.05) is 32.9 Å². The highest BCUT2D eigenvalue weighted by atomic mass is 16.6. The number of aliphatic hydroxyl groups excluding tert-OH is 1. The van der Waals surface area contributed by atoms with Gasteiger partial charge in [0.25, 0.3) is 0 Å². The Morgan fingerprint density at radius 1 is 1.04 bits per heavy atom. The Balaban J connectivity index is 1.61. The minimum Gasteiger partial charge on any atom is -0.373 e. The van der Waals surface area contributed by atoms with Crippen molar-refractivity contribution in [3.63, 3.8) is 0 Å². The van der Waals surface area contributed by atoms with Crippen LogP contribution in [0.25, 0.3) is 0 Å². The second-order valence-corrected chi connectivity index (χ2v) is 7.41. The number of aromatic amines is 2. The van der Waals surface area contributed by atoms with Crippen molar-refractivity contribution in [2.45, 2.75) is 49.8 Å². The molecule has 4 rings (SSSR count). The van der Waals surface area contributed by atoms with Gasteiger partial charge in [-0.05, 0) is 19.3 Å². The molecule has 3 unspecified atom stereocenters. The largest absolute Gasteiger partial charge is 0.373 e. The average Bonchev–Trinajstić information content (AvgIpc) is 3.51. The molecule has 3 N–H and O–H groups in total. The Labute approximate surface area is 153 Å². The van der Waals surface area contributed by atoms with Crippen molar-refractivity contribution < 1.29 is 19.3 Å². The summed E-state index contributed by atoms with van der Waals surface area (Å²) >= 11 is 0. The van der Waals surface area contributed by atoms with Gasteiger partial charge in [0.05, 0.1) is 32.0 Å². The molecule has 3 saturated heterocycles. The summed E-state index contributed by atoms with van der Waals surface area (Å²) in [5, 5.41) is 9.97. The summed E-state index contributed by atoms with van der Waals surface area (Å²) < 4.78 is 17.2. The summed E-state index contributed by atoms with van der Waals surface area (Å²) in [5.41, 5.74) is -2.69. The lowest BCUT2D eigenvalue weighted by Gasteiger charge is -2.47. The fourth-order valence-electron chi connectivity index (χ4n) is 3.96. The summed E-state index contributed by atoms with van der Waals surface area (Å²) in [7, 11) is 0. The lowest BCUT2D eigenvalue weighted by Crippen LogP contribution is -2.58. The number of nitrogens with one attached hydrogen (secondary N) is 2. The van der Waals surface area contributed by atoms with E-state index in [2.05, 4.69) is 14.9 Å². The van der Waals surface area contributed by atoms with Crippen LogP contribution in [0.3, 0.4) is 0 Å². The molecule has 1 aromatic rings. The highest BCUT2D eigenvalue weighted by Gasteiger charge is 2.47. The molecule has 3 aliphatic heterocycles. The number of β-amino-alcohol motifs (C(OH)–C–C–N with tert-alkyl or cyclic N) is 1. The molecule has 150 valence electrons. The van der Waals surface area contributed by atoms with Gasteiger partial charge in [-0.2, -0.15) is 0 Å². The highest BCUT2D eigenvalue weighted by molar-refractivity contribution is 5.00. The smallest absolute Gasteiger partial charge is 0.333 e. The molecule has 0 saturated carbocycles. The van der Waals surface area contributed by atoms with Crippen LogP contribution in [-0.2, 0) is 20.8 Å². The van der Waals surface area contributed by atoms with E-state index in [1.165, 1.54) is 0 Å². The van der Waals surface area contributed by atoms with Crippen LogP contribution >= 0.6 is 0 Å². The molecule has 0 bridgehead atoms. The number of H-pyrrole nitrogens is 2. The van der Waals surface area contributed by atoms with Crippen molar-refractivity contribution in [1.82, 2.24) is 19.4 Å². The number of aromatic nitrogens is 3. The molecular weight excluding hydrogens is 360 g/mol. The standard InChI is InChI=1S/C16H24N4O7/c21-12-7-19(3-4-25-12)16(5-10-8-26-10,6-11-9-27-11)1-2-20-14(23)17-13(22)18-15(20)24/h10-12,21H,1-9H2,(H2,17,18,22,23,24). The second-order valence-electron chi connectivity index (χ2n) is 7.41. The van der Waals surface area contributed by atoms with Crippen LogP contribution in [-0.4, -0.2) is 81.5 Å². The first kappa shape index (κ1) is 18.6. The third-order valence-electron chi connectivity index (χ3n) is 5.47. The molecular formula is C16H24N4O7. The molecule has 0 spiro atoms. The third-order valence-corrected chi connectivity index (χ3v) is 5.47. The lowest BCUT2D eigenvalue weighted by atomic mass is 9.82. The van der Waals surface area contributed by atoms with Gasteiger partial charge in [-0.15, -0.1) is 0 Å². The van der Waals surface area contributed by atoms with Gasteiger partial charge in [-0.25, -0.2) is 19.0 Å². The Morgan fingerprint density at radius 2 is 1.63 bits per heavy atom. The number of ether oxygens (including phenoxy) is 3. The summed E-state index contributed by atoms with van der Waals surface area (Å²) in [6, 6.07) is 0. The molecule has 0 radical (unpaired) electrons. The van der Waals surface area contributed by atoms with E-state index in [9.17, 15) is 19.5 Å². The number of nitrogens with zero attached hydrogens (tertiary/aromatic N) is 2. The van der Waals surface area contributed by atoms with Crippen LogP contribution in [0.1, 0.15) is 19.3 Å².